The quantitative estimate of drug-likeness (QED) is 0.517. The first-order chi connectivity index (χ1) is 16.3. The van der Waals surface area contributed by atoms with Gasteiger partial charge in [0.15, 0.2) is 6.79 Å². The first-order valence-corrected chi connectivity index (χ1v) is 13.4. The van der Waals surface area contributed by atoms with E-state index in [1.165, 1.54) is 0 Å². The molecular formula is C27H39NO6S. The molecule has 1 aliphatic rings. The SMILES string of the molecule is COCOc1c(C(C)(C)C)cc(C(O)C2CCN(OCc3ccccc3)S2(=O)=O)cc1C(C)(C)C. The van der Waals surface area contributed by atoms with Gasteiger partial charge in [0.2, 0.25) is 10.0 Å². The van der Waals surface area contributed by atoms with E-state index in [0.29, 0.717) is 11.3 Å². The van der Waals surface area contributed by atoms with Crippen molar-refractivity contribution in [3.05, 3.63) is 64.7 Å². The Morgan fingerprint density at radius 1 is 1.03 bits per heavy atom. The van der Waals surface area contributed by atoms with Gasteiger partial charge < -0.3 is 14.6 Å². The lowest BCUT2D eigenvalue weighted by molar-refractivity contribution is -0.0894. The van der Waals surface area contributed by atoms with Crippen molar-refractivity contribution < 1.29 is 27.8 Å². The second-order valence-electron chi connectivity index (χ2n) is 11.1. The van der Waals surface area contributed by atoms with Crippen LogP contribution < -0.4 is 4.74 Å². The predicted molar refractivity (Wildman–Crippen MR) is 137 cm³/mol. The van der Waals surface area contributed by atoms with Crippen molar-refractivity contribution in [2.24, 2.45) is 0 Å². The topological polar surface area (TPSA) is 85.3 Å². The van der Waals surface area contributed by atoms with Crippen LogP contribution in [0.3, 0.4) is 0 Å². The number of aliphatic hydroxyl groups is 1. The molecule has 35 heavy (non-hydrogen) atoms. The highest BCUT2D eigenvalue weighted by Gasteiger charge is 2.45. The van der Waals surface area contributed by atoms with Crippen molar-refractivity contribution in [3.8, 4) is 5.75 Å². The minimum atomic E-state index is -3.86. The summed E-state index contributed by atoms with van der Waals surface area (Å²) in [6, 6.07) is 13.1. The van der Waals surface area contributed by atoms with Crippen molar-refractivity contribution in [2.45, 2.75) is 76.8 Å². The molecule has 3 rings (SSSR count). The minimum absolute atomic E-state index is 0.0960. The number of methoxy groups -OCH3 is 1. The fourth-order valence-electron chi connectivity index (χ4n) is 4.26. The van der Waals surface area contributed by atoms with Crippen LogP contribution in [0.2, 0.25) is 0 Å². The van der Waals surface area contributed by atoms with Gasteiger partial charge in [0.05, 0.1) is 12.7 Å². The van der Waals surface area contributed by atoms with E-state index in [9.17, 15) is 13.5 Å². The molecule has 2 aromatic carbocycles. The van der Waals surface area contributed by atoms with Crippen LogP contribution >= 0.6 is 0 Å². The van der Waals surface area contributed by atoms with Gasteiger partial charge in [-0.15, -0.1) is 0 Å². The van der Waals surface area contributed by atoms with Crippen LogP contribution in [0.1, 0.15) is 76.3 Å². The molecule has 2 aromatic rings. The minimum Gasteiger partial charge on any atom is -0.467 e. The van der Waals surface area contributed by atoms with Crippen molar-refractivity contribution in [3.63, 3.8) is 0 Å². The van der Waals surface area contributed by atoms with Crippen LogP contribution in [-0.4, -0.2) is 43.7 Å². The number of hydrogen-bond acceptors (Lipinski definition) is 6. The molecule has 1 aliphatic heterocycles. The summed E-state index contributed by atoms with van der Waals surface area (Å²) in [5.41, 5.74) is 2.61. The summed E-state index contributed by atoms with van der Waals surface area (Å²) in [7, 11) is -2.28. The smallest absolute Gasteiger partial charge is 0.241 e. The molecule has 1 heterocycles. The van der Waals surface area contributed by atoms with E-state index < -0.39 is 21.4 Å². The second kappa shape index (κ2) is 10.6. The van der Waals surface area contributed by atoms with Crippen molar-refractivity contribution in [1.82, 2.24) is 4.47 Å². The molecule has 1 saturated heterocycles. The molecule has 2 unspecified atom stereocenters. The second-order valence-corrected chi connectivity index (χ2v) is 13.1. The van der Waals surface area contributed by atoms with Crippen LogP contribution in [0, 0.1) is 0 Å². The molecule has 0 aliphatic carbocycles. The van der Waals surface area contributed by atoms with Crippen molar-refractivity contribution in [1.29, 1.82) is 0 Å². The Bertz CT molecular complexity index is 1070. The van der Waals surface area contributed by atoms with Gasteiger partial charge in [-0.1, -0.05) is 76.3 Å². The van der Waals surface area contributed by atoms with Gasteiger partial charge >= 0.3 is 0 Å². The molecule has 8 heteroatoms. The molecule has 0 radical (unpaired) electrons. The number of aliphatic hydroxyl groups excluding tert-OH is 1. The number of ether oxygens (including phenoxy) is 2. The predicted octanol–water partition coefficient (Wildman–Crippen LogP) is 4.83. The standard InChI is InChI=1S/C27H39NO6S/c1-26(2,3)21-15-20(16-22(27(4,5)6)25(21)33-18-32-7)24(29)23-13-14-28(35(23,30)31)34-17-19-11-9-8-10-12-19/h8-12,15-16,23-24,29H,13-14,17-18H2,1-7H3. The van der Waals surface area contributed by atoms with Crippen LogP contribution in [0.25, 0.3) is 0 Å². The van der Waals surface area contributed by atoms with E-state index in [1.54, 1.807) is 7.11 Å². The maximum Gasteiger partial charge on any atom is 0.241 e. The fraction of sp³-hybridized carbons (Fsp3) is 0.556. The van der Waals surface area contributed by atoms with Crippen molar-refractivity contribution in [2.75, 3.05) is 20.4 Å². The molecule has 0 spiro atoms. The zero-order chi connectivity index (χ0) is 26.0. The molecule has 194 valence electrons. The molecule has 1 fully saturated rings. The van der Waals surface area contributed by atoms with E-state index in [4.69, 9.17) is 14.3 Å². The molecule has 0 bridgehead atoms. The summed E-state index contributed by atoms with van der Waals surface area (Å²) < 4.78 is 38.8. The zero-order valence-corrected chi connectivity index (χ0v) is 22.7. The number of rotatable bonds is 8. The van der Waals surface area contributed by atoms with Crippen molar-refractivity contribution >= 4 is 10.0 Å². The van der Waals surface area contributed by atoms with Gasteiger partial charge in [-0.2, -0.15) is 0 Å². The normalized spacial score (nSPS) is 19.6. The van der Waals surface area contributed by atoms with Gasteiger partial charge in [-0.05, 0) is 40.5 Å². The fourth-order valence-corrected chi connectivity index (χ4v) is 6.01. The number of sulfonamides is 1. The van der Waals surface area contributed by atoms with E-state index in [-0.39, 0.29) is 37.2 Å². The lowest BCUT2D eigenvalue weighted by atomic mass is 9.77. The molecule has 0 aromatic heterocycles. The largest absolute Gasteiger partial charge is 0.467 e. The van der Waals surface area contributed by atoms with Crippen LogP contribution in [0.15, 0.2) is 42.5 Å². The summed E-state index contributed by atoms with van der Waals surface area (Å²) in [5.74, 6) is 0.713. The molecular weight excluding hydrogens is 466 g/mol. The Labute approximate surface area is 210 Å². The Morgan fingerprint density at radius 3 is 2.11 bits per heavy atom. The number of hydrogen-bond donors (Lipinski definition) is 1. The summed E-state index contributed by atoms with van der Waals surface area (Å²) in [4.78, 5) is 5.64. The molecule has 0 saturated carbocycles. The maximum atomic E-state index is 13.3. The van der Waals surface area contributed by atoms with E-state index in [1.807, 2.05) is 42.5 Å². The summed E-state index contributed by atoms with van der Waals surface area (Å²) in [6.07, 6.45) is -0.931. The van der Waals surface area contributed by atoms with E-state index in [0.717, 1.165) is 21.2 Å². The Hall–Kier alpha value is -1.97. The first-order valence-electron chi connectivity index (χ1n) is 11.9. The first kappa shape index (κ1) is 27.6. The molecule has 7 nitrogen and oxygen atoms in total. The van der Waals surface area contributed by atoms with E-state index in [2.05, 4.69) is 41.5 Å². The number of benzene rings is 2. The van der Waals surface area contributed by atoms with Crippen LogP contribution in [-0.2, 0) is 37.0 Å². The van der Waals surface area contributed by atoms with E-state index >= 15 is 0 Å². The van der Waals surface area contributed by atoms with Gasteiger partial charge in [0.1, 0.15) is 11.0 Å². The third-order valence-corrected chi connectivity index (χ3v) is 8.34. The summed E-state index contributed by atoms with van der Waals surface area (Å²) >= 11 is 0. The highest BCUT2D eigenvalue weighted by atomic mass is 32.2. The molecule has 2 atom stereocenters. The average Bonchev–Trinajstić information content (AvgIpc) is 3.08. The Kier molecular flexibility index (Phi) is 8.34. The maximum absolute atomic E-state index is 13.3. The zero-order valence-electron chi connectivity index (χ0n) is 21.9. The highest BCUT2D eigenvalue weighted by molar-refractivity contribution is 7.89. The Balaban J connectivity index is 1.95. The lowest BCUT2D eigenvalue weighted by Gasteiger charge is -2.31. The summed E-state index contributed by atoms with van der Waals surface area (Å²) in [6.45, 7) is 12.8. The molecule has 0 amide bonds. The lowest BCUT2D eigenvalue weighted by Crippen LogP contribution is -2.33. The third kappa shape index (κ3) is 6.24. The highest BCUT2D eigenvalue weighted by Crippen LogP contribution is 2.43. The van der Waals surface area contributed by atoms with Gasteiger partial charge in [-0.3, -0.25) is 4.84 Å². The molecule has 1 N–H and O–H groups in total. The van der Waals surface area contributed by atoms with Gasteiger partial charge in [0, 0.05) is 24.8 Å². The van der Waals surface area contributed by atoms with Crippen LogP contribution in [0.5, 0.6) is 5.75 Å². The van der Waals surface area contributed by atoms with Gasteiger partial charge in [0.25, 0.3) is 0 Å². The third-order valence-electron chi connectivity index (χ3n) is 6.22. The number of hydroxylamine groups is 1. The number of nitrogens with zero attached hydrogens (tertiary/aromatic N) is 1. The van der Waals surface area contributed by atoms with Crippen LogP contribution in [0.4, 0.5) is 0 Å². The van der Waals surface area contributed by atoms with Gasteiger partial charge in [-0.25, -0.2) is 8.42 Å². The Morgan fingerprint density at radius 2 is 1.60 bits per heavy atom. The monoisotopic (exact) mass is 505 g/mol. The average molecular weight is 506 g/mol. The summed E-state index contributed by atoms with van der Waals surface area (Å²) in [5, 5.41) is 10.4.